The lowest BCUT2D eigenvalue weighted by molar-refractivity contribution is 0.233. The van der Waals surface area contributed by atoms with Crippen LogP contribution in [0.4, 0.5) is 5.69 Å². The van der Waals surface area contributed by atoms with Crippen molar-refractivity contribution in [2.24, 2.45) is 0 Å². The third kappa shape index (κ3) is 4.16. The first-order valence-corrected chi connectivity index (χ1v) is 10.6. The highest BCUT2D eigenvalue weighted by Crippen LogP contribution is 2.38. The summed E-state index contributed by atoms with van der Waals surface area (Å²) < 4.78 is 0. The molecule has 0 atom stereocenters. The molecule has 0 radical (unpaired) electrons. The Morgan fingerprint density at radius 2 is 1.72 bits per heavy atom. The van der Waals surface area contributed by atoms with Crippen LogP contribution in [0.15, 0.2) is 47.4 Å². The number of nitrogens with zero attached hydrogens (tertiary/aromatic N) is 2. The van der Waals surface area contributed by atoms with Gasteiger partial charge in [-0.15, -0.1) is 11.8 Å². The van der Waals surface area contributed by atoms with Crippen molar-refractivity contribution in [3.63, 3.8) is 0 Å². The SMILES string of the molecule is Clc1ccc2c(c1)N(CCN1CCCCC1)Cc1ccccc1CS2. The van der Waals surface area contributed by atoms with Gasteiger partial charge in [0.25, 0.3) is 0 Å². The fourth-order valence-electron chi connectivity index (χ4n) is 3.80. The molecule has 2 aromatic rings. The monoisotopic (exact) mass is 372 g/mol. The Balaban J connectivity index is 1.60. The molecule has 0 aromatic heterocycles. The van der Waals surface area contributed by atoms with E-state index in [2.05, 4.69) is 46.2 Å². The van der Waals surface area contributed by atoms with Crippen LogP contribution in [0.5, 0.6) is 0 Å². The maximum Gasteiger partial charge on any atom is 0.0522 e. The van der Waals surface area contributed by atoms with Gasteiger partial charge in [0.2, 0.25) is 0 Å². The van der Waals surface area contributed by atoms with Crippen LogP contribution in [0.1, 0.15) is 30.4 Å². The first kappa shape index (κ1) is 17.3. The molecule has 0 amide bonds. The number of halogens is 1. The average Bonchev–Trinajstić information content (AvgIpc) is 2.64. The standard InChI is InChI=1S/C21H25ClN2S/c22-19-8-9-21-20(14-19)24(13-12-23-10-4-1-5-11-23)15-17-6-2-3-7-18(17)16-25-21/h2-3,6-9,14H,1,4-5,10-13,15-16H2. The van der Waals surface area contributed by atoms with E-state index in [1.807, 2.05) is 17.8 Å². The van der Waals surface area contributed by atoms with E-state index in [0.29, 0.717) is 0 Å². The number of thioether (sulfide) groups is 1. The molecule has 4 heteroatoms. The zero-order valence-corrected chi connectivity index (χ0v) is 16.2. The van der Waals surface area contributed by atoms with Crippen LogP contribution in [-0.4, -0.2) is 31.1 Å². The highest BCUT2D eigenvalue weighted by atomic mass is 35.5. The van der Waals surface area contributed by atoms with Gasteiger partial charge in [0.15, 0.2) is 0 Å². The van der Waals surface area contributed by atoms with Gasteiger partial charge in [-0.3, -0.25) is 0 Å². The molecular formula is C21H25ClN2S. The molecule has 2 aliphatic rings. The number of hydrogen-bond acceptors (Lipinski definition) is 3. The molecule has 0 unspecified atom stereocenters. The van der Waals surface area contributed by atoms with E-state index in [1.54, 1.807) is 0 Å². The van der Waals surface area contributed by atoms with Crippen LogP contribution < -0.4 is 4.90 Å². The molecular weight excluding hydrogens is 348 g/mol. The summed E-state index contributed by atoms with van der Waals surface area (Å²) in [6, 6.07) is 15.2. The minimum atomic E-state index is 0.830. The van der Waals surface area contributed by atoms with Crippen molar-refractivity contribution in [3.05, 3.63) is 58.6 Å². The summed E-state index contributed by atoms with van der Waals surface area (Å²) in [6.45, 7) is 5.67. The Bertz CT molecular complexity index is 728. The van der Waals surface area contributed by atoms with Crippen molar-refractivity contribution in [2.75, 3.05) is 31.1 Å². The summed E-state index contributed by atoms with van der Waals surface area (Å²) in [5, 5.41) is 0.830. The molecule has 0 saturated carbocycles. The lowest BCUT2D eigenvalue weighted by Gasteiger charge is -2.33. The highest BCUT2D eigenvalue weighted by molar-refractivity contribution is 7.98. The summed E-state index contributed by atoms with van der Waals surface area (Å²) in [7, 11) is 0. The fourth-order valence-corrected chi connectivity index (χ4v) is 5.06. The molecule has 1 fully saturated rings. The minimum Gasteiger partial charge on any atom is -0.365 e. The fraction of sp³-hybridized carbons (Fsp3) is 0.429. The van der Waals surface area contributed by atoms with Gasteiger partial charge in [0.1, 0.15) is 0 Å². The van der Waals surface area contributed by atoms with Crippen molar-refractivity contribution in [1.82, 2.24) is 4.90 Å². The Kier molecular flexibility index (Phi) is 5.54. The van der Waals surface area contributed by atoms with E-state index < -0.39 is 0 Å². The van der Waals surface area contributed by atoms with Gasteiger partial charge >= 0.3 is 0 Å². The Hall–Kier alpha value is -1.16. The summed E-state index contributed by atoms with van der Waals surface area (Å²) in [6.07, 6.45) is 4.09. The summed E-state index contributed by atoms with van der Waals surface area (Å²) in [5.74, 6) is 1.03. The molecule has 0 spiro atoms. The van der Waals surface area contributed by atoms with Crippen LogP contribution in [0.3, 0.4) is 0 Å². The topological polar surface area (TPSA) is 6.48 Å². The van der Waals surface area contributed by atoms with Crippen molar-refractivity contribution in [2.45, 2.75) is 36.5 Å². The lowest BCUT2D eigenvalue weighted by Crippen LogP contribution is -2.38. The number of rotatable bonds is 3. The second-order valence-electron chi connectivity index (χ2n) is 6.99. The molecule has 2 aromatic carbocycles. The molecule has 1 saturated heterocycles. The minimum absolute atomic E-state index is 0.830. The number of benzene rings is 2. The number of fused-ring (bicyclic) bond motifs is 2. The van der Waals surface area contributed by atoms with Gasteiger partial charge in [0.05, 0.1) is 5.69 Å². The Morgan fingerprint density at radius 3 is 2.56 bits per heavy atom. The zero-order valence-electron chi connectivity index (χ0n) is 14.6. The molecule has 25 heavy (non-hydrogen) atoms. The van der Waals surface area contributed by atoms with Gasteiger partial charge in [-0.2, -0.15) is 0 Å². The predicted octanol–water partition coefficient (Wildman–Crippen LogP) is 5.44. The van der Waals surface area contributed by atoms with E-state index in [4.69, 9.17) is 11.6 Å². The van der Waals surface area contributed by atoms with Gasteiger partial charge in [-0.05, 0) is 55.3 Å². The Labute approximate surface area is 160 Å². The molecule has 4 rings (SSSR count). The maximum absolute atomic E-state index is 6.34. The second-order valence-corrected chi connectivity index (χ2v) is 8.45. The second kappa shape index (κ2) is 8.03. The van der Waals surface area contributed by atoms with Crippen LogP contribution in [0.2, 0.25) is 5.02 Å². The third-order valence-electron chi connectivity index (χ3n) is 5.26. The quantitative estimate of drug-likeness (QED) is 0.708. The largest absolute Gasteiger partial charge is 0.365 e. The lowest BCUT2D eigenvalue weighted by atomic mass is 10.1. The molecule has 132 valence electrons. The molecule has 0 bridgehead atoms. The van der Waals surface area contributed by atoms with E-state index >= 15 is 0 Å². The third-order valence-corrected chi connectivity index (χ3v) is 6.61. The zero-order chi connectivity index (χ0) is 17.1. The van der Waals surface area contributed by atoms with Crippen molar-refractivity contribution in [3.8, 4) is 0 Å². The summed E-state index contributed by atoms with van der Waals surface area (Å²) in [5.41, 5.74) is 4.19. The summed E-state index contributed by atoms with van der Waals surface area (Å²) in [4.78, 5) is 6.49. The van der Waals surface area contributed by atoms with Crippen LogP contribution in [-0.2, 0) is 12.3 Å². The molecule has 2 heterocycles. The predicted molar refractivity (Wildman–Crippen MR) is 109 cm³/mol. The van der Waals surface area contributed by atoms with Crippen molar-refractivity contribution >= 4 is 29.1 Å². The molecule has 0 N–H and O–H groups in total. The van der Waals surface area contributed by atoms with Crippen LogP contribution in [0.25, 0.3) is 0 Å². The van der Waals surface area contributed by atoms with E-state index in [0.717, 1.165) is 30.4 Å². The number of hydrogen-bond donors (Lipinski definition) is 0. The van der Waals surface area contributed by atoms with Gasteiger partial charge in [-0.25, -0.2) is 0 Å². The van der Waals surface area contributed by atoms with Gasteiger partial charge in [0, 0.05) is 35.3 Å². The van der Waals surface area contributed by atoms with Crippen LogP contribution >= 0.6 is 23.4 Å². The normalized spacial score (nSPS) is 18.2. The van der Waals surface area contributed by atoms with Crippen LogP contribution in [0, 0.1) is 0 Å². The first-order valence-electron chi connectivity index (χ1n) is 9.26. The summed E-state index contributed by atoms with van der Waals surface area (Å²) >= 11 is 8.26. The van der Waals surface area contributed by atoms with Gasteiger partial charge < -0.3 is 9.80 Å². The Morgan fingerprint density at radius 1 is 0.920 bits per heavy atom. The average molecular weight is 373 g/mol. The molecule has 0 aliphatic carbocycles. The van der Waals surface area contributed by atoms with Gasteiger partial charge in [-0.1, -0.05) is 42.3 Å². The highest BCUT2D eigenvalue weighted by Gasteiger charge is 2.19. The van der Waals surface area contributed by atoms with Crippen molar-refractivity contribution < 1.29 is 0 Å². The smallest absolute Gasteiger partial charge is 0.0522 e. The van der Waals surface area contributed by atoms with Crippen molar-refractivity contribution in [1.29, 1.82) is 0 Å². The number of anilines is 1. The van der Waals surface area contributed by atoms with E-state index in [1.165, 1.54) is 54.1 Å². The maximum atomic E-state index is 6.34. The number of likely N-dealkylation sites (tertiary alicyclic amines) is 1. The van der Waals surface area contributed by atoms with E-state index in [9.17, 15) is 0 Å². The van der Waals surface area contributed by atoms with E-state index in [-0.39, 0.29) is 0 Å². The molecule has 2 aliphatic heterocycles. The first-order chi connectivity index (χ1) is 12.3. The molecule has 2 nitrogen and oxygen atoms in total. The number of piperidine rings is 1.